The van der Waals surface area contributed by atoms with Crippen molar-refractivity contribution < 1.29 is 27.4 Å². The van der Waals surface area contributed by atoms with Gasteiger partial charge in [0, 0.05) is 25.2 Å². The second-order valence-electron chi connectivity index (χ2n) is 12.2. The van der Waals surface area contributed by atoms with Gasteiger partial charge < -0.3 is 19.1 Å². The van der Waals surface area contributed by atoms with Crippen molar-refractivity contribution in [1.82, 2.24) is 0 Å². The molecular weight excluding hydrogens is 588 g/mol. The Hall–Kier alpha value is -2.59. The second kappa shape index (κ2) is 14.0. The normalized spacial score (nSPS) is 23.4. The van der Waals surface area contributed by atoms with E-state index in [4.69, 9.17) is 31.0 Å². The lowest BCUT2D eigenvalue weighted by molar-refractivity contribution is 0.00349. The van der Waals surface area contributed by atoms with Crippen LogP contribution in [0.15, 0.2) is 48.0 Å². The number of nitrogens with zero attached hydrogens (tertiary/aromatic N) is 1. The van der Waals surface area contributed by atoms with E-state index in [0.29, 0.717) is 30.4 Å². The van der Waals surface area contributed by atoms with E-state index >= 15 is 0 Å². The Labute approximate surface area is 260 Å². The highest BCUT2D eigenvalue weighted by Gasteiger charge is 2.40. The van der Waals surface area contributed by atoms with Gasteiger partial charge >= 0.3 is 5.97 Å². The van der Waals surface area contributed by atoms with Gasteiger partial charge in [-0.15, -0.1) is 0 Å². The number of allylic oxidation sites excluding steroid dienone is 1. The summed E-state index contributed by atoms with van der Waals surface area (Å²) in [4.78, 5) is 14.9. The monoisotopic (exact) mass is 630 g/mol. The summed E-state index contributed by atoms with van der Waals surface area (Å²) in [5, 5.41) is 6.03. The molecule has 0 amide bonds. The number of halogens is 1. The number of carbonyl (C=O) groups is 1. The van der Waals surface area contributed by atoms with Crippen LogP contribution in [0.25, 0.3) is 0 Å². The molecule has 5 rings (SSSR count). The number of hydrogen-bond acceptors (Lipinski definition) is 7. The maximum Gasteiger partial charge on any atom is 0.337 e. The molecule has 1 saturated carbocycles. The minimum atomic E-state index is -3.48. The number of nitrogens with two attached hydrogens (primary N) is 1. The number of esters is 1. The first kappa shape index (κ1) is 31.8. The van der Waals surface area contributed by atoms with E-state index in [2.05, 4.69) is 11.0 Å². The highest BCUT2D eigenvalue weighted by molar-refractivity contribution is 7.89. The van der Waals surface area contributed by atoms with Crippen LogP contribution in [0.1, 0.15) is 66.4 Å². The van der Waals surface area contributed by atoms with Gasteiger partial charge in [0.05, 0.1) is 30.2 Å². The quantitative estimate of drug-likeness (QED) is 0.286. The Kier molecular flexibility index (Phi) is 10.4. The van der Waals surface area contributed by atoms with Crippen LogP contribution < -0.4 is 14.8 Å². The predicted octanol–water partition coefficient (Wildman–Crippen LogP) is 5.90. The van der Waals surface area contributed by atoms with Gasteiger partial charge in [0.2, 0.25) is 10.0 Å². The van der Waals surface area contributed by atoms with Crippen molar-refractivity contribution >= 4 is 33.3 Å². The summed E-state index contributed by atoms with van der Waals surface area (Å²) >= 11 is 6.32. The number of aryl methyl sites for hydroxylation is 1. The fraction of sp³-hybridized carbons (Fsp3) is 0.545. The maximum absolute atomic E-state index is 12.5. The summed E-state index contributed by atoms with van der Waals surface area (Å²) < 4.78 is 40.8. The zero-order valence-corrected chi connectivity index (χ0v) is 26.7. The van der Waals surface area contributed by atoms with E-state index < -0.39 is 10.0 Å². The van der Waals surface area contributed by atoms with Crippen LogP contribution in [0.2, 0.25) is 5.02 Å². The summed E-state index contributed by atoms with van der Waals surface area (Å²) in [5.41, 5.74) is 5.01. The Morgan fingerprint density at radius 3 is 2.60 bits per heavy atom. The van der Waals surface area contributed by atoms with E-state index in [1.54, 1.807) is 13.2 Å². The van der Waals surface area contributed by atoms with Crippen LogP contribution in [0, 0.1) is 17.8 Å². The van der Waals surface area contributed by atoms with Gasteiger partial charge in [-0.2, -0.15) is 0 Å². The molecule has 10 heteroatoms. The SMILES string of the molecule is COC(=O)c1ccc2c(c1)N(C[C@@H]1CC[C@H]1C(OC)C1=CCC(CS(N)(=O)=O)CC1)CCCCc1cc(Cl)ccc1CO2. The number of ether oxygens (including phenoxy) is 3. The first-order valence-electron chi connectivity index (χ1n) is 15.2. The van der Waals surface area contributed by atoms with E-state index in [9.17, 15) is 13.2 Å². The predicted molar refractivity (Wildman–Crippen MR) is 169 cm³/mol. The molecule has 234 valence electrons. The average molecular weight is 631 g/mol. The Morgan fingerprint density at radius 2 is 1.93 bits per heavy atom. The number of primary sulfonamides is 1. The van der Waals surface area contributed by atoms with Crippen LogP contribution in [0.3, 0.4) is 0 Å². The van der Waals surface area contributed by atoms with Gasteiger partial charge in [0.15, 0.2) is 0 Å². The lowest BCUT2D eigenvalue weighted by atomic mass is 9.67. The zero-order chi connectivity index (χ0) is 30.6. The molecule has 2 unspecified atom stereocenters. The number of fused-ring (bicyclic) bond motifs is 2. The highest BCUT2D eigenvalue weighted by atomic mass is 35.5. The summed E-state index contributed by atoms with van der Waals surface area (Å²) in [6.07, 6.45) is 9.64. The van der Waals surface area contributed by atoms with Crippen molar-refractivity contribution in [3.63, 3.8) is 0 Å². The molecule has 43 heavy (non-hydrogen) atoms. The zero-order valence-electron chi connectivity index (χ0n) is 25.1. The number of rotatable bonds is 8. The number of benzene rings is 2. The second-order valence-corrected chi connectivity index (χ2v) is 14.3. The van der Waals surface area contributed by atoms with Crippen molar-refractivity contribution in [2.24, 2.45) is 22.9 Å². The lowest BCUT2D eigenvalue weighted by Crippen LogP contribution is -2.45. The average Bonchev–Trinajstić information content (AvgIpc) is 3.00. The molecule has 0 saturated heterocycles. The van der Waals surface area contributed by atoms with Crippen LogP contribution in [0.5, 0.6) is 5.75 Å². The molecule has 0 radical (unpaired) electrons. The molecule has 8 nitrogen and oxygen atoms in total. The number of hydrogen-bond donors (Lipinski definition) is 1. The van der Waals surface area contributed by atoms with Crippen molar-refractivity contribution in [1.29, 1.82) is 0 Å². The Balaban J connectivity index is 1.37. The van der Waals surface area contributed by atoms with Gasteiger partial charge in [0.1, 0.15) is 12.4 Å². The van der Waals surface area contributed by atoms with E-state index in [1.807, 2.05) is 30.3 Å². The molecule has 2 aromatic carbocycles. The summed E-state index contributed by atoms with van der Waals surface area (Å²) in [5.74, 6) is 1.23. The molecule has 0 aromatic heterocycles. The number of methoxy groups -OCH3 is 2. The fourth-order valence-corrected chi connectivity index (χ4v) is 8.09. The van der Waals surface area contributed by atoms with Gasteiger partial charge in [-0.1, -0.05) is 23.7 Å². The number of anilines is 1. The fourth-order valence-electron chi connectivity index (χ4n) is 6.93. The van der Waals surface area contributed by atoms with Crippen molar-refractivity contribution in [2.45, 2.75) is 64.1 Å². The topological polar surface area (TPSA) is 108 Å². The molecule has 2 aromatic rings. The van der Waals surface area contributed by atoms with Gasteiger partial charge in [-0.25, -0.2) is 18.4 Å². The molecule has 3 aliphatic rings. The minimum absolute atomic E-state index is 0.00879. The third-order valence-electron chi connectivity index (χ3n) is 9.36. The van der Waals surface area contributed by atoms with Crippen LogP contribution in [0.4, 0.5) is 5.69 Å². The molecule has 1 aliphatic heterocycles. The standard InChI is InChI=1S/C33H43ClN2O6S/c1-40-32(23-8-6-22(7-9-23)21-43(35,38)39)29-14-11-26(29)19-36-16-4-3-5-24-17-28(34)13-10-27(24)20-42-31-15-12-25(18-30(31)36)33(37)41-2/h8,10,12-13,15,17-18,22,26,29,32H,3-7,9,11,14,16,19-21H2,1-2H3,(H2,35,38,39)/t22?,26-,29+,32?/m0/s1. The van der Waals surface area contributed by atoms with Crippen molar-refractivity contribution in [2.75, 3.05) is 38.0 Å². The Morgan fingerprint density at radius 1 is 1.09 bits per heavy atom. The maximum atomic E-state index is 12.5. The van der Waals surface area contributed by atoms with Crippen molar-refractivity contribution in [3.05, 3.63) is 69.8 Å². The third-order valence-corrected chi connectivity index (χ3v) is 10.5. The summed E-state index contributed by atoms with van der Waals surface area (Å²) in [7, 11) is -0.301. The smallest absolute Gasteiger partial charge is 0.337 e. The molecule has 4 atom stereocenters. The minimum Gasteiger partial charge on any atom is -0.487 e. The first-order valence-corrected chi connectivity index (χ1v) is 17.3. The van der Waals surface area contributed by atoms with Crippen LogP contribution in [-0.2, 0) is 32.5 Å². The largest absolute Gasteiger partial charge is 0.487 e. The molecule has 1 fully saturated rings. The van der Waals surface area contributed by atoms with Crippen molar-refractivity contribution in [3.8, 4) is 5.75 Å². The third kappa shape index (κ3) is 7.93. The molecule has 1 heterocycles. The van der Waals surface area contributed by atoms with E-state index in [-0.39, 0.29) is 23.7 Å². The van der Waals surface area contributed by atoms with Gasteiger partial charge in [0.25, 0.3) is 0 Å². The molecule has 2 N–H and O–H groups in total. The molecule has 0 bridgehead atoms. The highest BCUT2D eigenvalue weighted by Crippen LogP contribution is 2.44. The Bertz CT molecular complexity index is 1440. The van der Waals surface area contributed by atoms with Gasteiger partial charge in [-0.3, -0.25) is 0 Å². The van der Waals surface area contributed by atoms with Crippen LogP contribution >= 0.6 is 11.6 Å². The first-order chi connectivity index (χ1) is 20.6. The molecular formula is C33H43ClN2O6S. The summed E-state index contributed by atoms with van der Waals surface area (Å²) in [6.45, 7) is 2.07. The number of carbonyl (C=O) groups excluding carboxylic acids is 1. The number of sulfonamides is 1. The van der Waals surface area contributed by atoms with Gasteiger partial charge in [-0.05, 0) is 116 Å². The molecule has 0 spiro atoms. The lowest BCUT2D eigenvalue weighted by Gasteiger charge is -2.45. The van der Waals surface area contributed by atoms with E-state index in [1.165, 1.54) is 18.2 Å². The van der Waals surface area contributed by atoms with E-state index in [0.717, 1.165) is 80.1 Å². The summed E-state index contributed by atoms with van der Waals surface area (Å²) in [6, 6.07) is 11.5. The van der Waals surface area contributed by atoms with Crippen LogP contribution in [-0.4, -0.2) is 53.6 Å². The molecule has 2 aliphatic carbocycles.